The molecule has 3 aromatic carbocycles. The summed E-state index contributed by atoms with van der Waals surface area (Å²) in [5.41, 5.74) is 5.43. The number of aryl methyl sites for hydroxylation is 1. The van der Waals surface area contributed by atoms with Gasteiger partial charge < -0.3 is 10.6 Å². The van der Waals surface area contributed by atoms with E-state index in [9.17, 15) is 4.79 Å². The second-order valence-electron chi connectivity index (χ2n) is 8.26. The maximum atomic E-state index is 13.6. The number of aromatic nitrogens is 2. The number of rotatable bonds is 1. The van der Waals surface area contributed by atoms with Crippen molar-refractivity contribution in [2.75, 3.05) is 10.6 Å². The van der Waals surface area contributed by atoms with Crippen molar-refractivity contribution < 1.29 is 4.79 Å². The van der Waals surface area contributed by atoms with Crippen LogP contribution < -0.4 is 21.7 Å². The van der Waals surface area contributed by atoms with Gasteiger partial charge in [-0.05, 0) is 31.2 Å². The second kappa shape index (κ2) is 6.23. The van der Waals surface area contributed by atoms with Gasteiger partial charge in [0.25, 0.3) is 11.6 Å². The van der Waals surface area contributed by atoms with Crippen LogP contribution in [0.15, 0.2) is 87.8 Å². The summed E-state index contributed by atoms with van der Waals surface area (Å²) in [7, 11) is 0. The van der Waals surface area contributed by atoms with E-state index in [1.54, 1.807) is 4.57 Å². The fourth-order valence-electron chi connectivity index (χ4n) is 4.65. The highest BCUT2D eigenvalue weighted by Gasteiger charge is 2.52. The number of carbonyl (C=O) groups is 1. The van der Waals surface area contributed by atoms with E-state index in [-0.39, 0.29) is 5.91 Å². The molecule has 4 aromatic rings. The van der Waals surface area contributed by atoms with Gasteiger partial charge in [-0.25, -0.2) is 15.0 Å². The summed E-state index contributed by atoms with van der Waals surface area (Å²) in [4.78, 5) is 32.8. The summed E-state index contributed by atoms with van der Waals surface area (Å²) >= 11 is 0. The summed E-state index contributed by atoms with van der Waals surface area (Å²) in [5.74, 6) is 0.0459. The first-order valence-corrected chi connectivity index (χ1v) is 10.6. The molecule has 0 saturated carbocycles. The summed E-state index contributed by atoms with van der Waals surface area (Å²) in [6.45, 7) is 2.03. The number of benzene rings is 3. The average Bonchev–Trinajstić information content (AvgIpc) is 3.44. The van der Waals surface area contributed by atoms with Crippen molar-refractivity contribution in [2.24, 2.45) is 15.0 Å². The summed E-state index contributed by atoms with van der Waals surface area (Å²) in [6.07, 6.45) is 0. The number of nitrogens with one attached hydrogen (secondary N) is 2. The summed E-state index contributed by atoms with van der Waals surface area (Å²) in [6, 6.07) is 23.3. The van der Waals surface area contributed by atoms with Crippen molar-refractivity contribution in [3.05, 3.63) is 95.0 Å². The van der Waals surface area contributed by atoms with Crippen LogP contribution in [-0.2, 0) is 10.5 Å². The Hall–Kier alpha value is -4.59. The number of aliphatic imine (C=N–C) groups is 1. The van der Waals surface area contributed by atoms with Crippen LogP contribution in [0.2, 0.25) is 0 Å². The summed E-state index contributed by atoms with van der Waals surface area (Å²) < 4.78 is 1.75. The van der Waals surface area contributed by atoms with Gasteiger partial charge in [-0.2, -0.15) is 4.99 Å². The first-order chi connectivity index (χ1) is 16.1. The number of anilines is 2. The minimum absolute atomic E-state index is 0.269. The fourth-order valence-corrected chi connectivity index (χ4v) is 4.65. The van der Waals surface area contributed by atoms with Gasteiger partial charge in [-0.15, -0.1) is 0 Å². The Morgan fingerprint density at radius 2 is 1.73 bits per heavy atom. The molecular weight excluding hydrogens is 414 g/mol. The van der Waals surface area contributed by atoms with Crippen molar-refractivity contribution in [3.8, 4) is 11.3 Å². The van der Waals surface area contributed by atoms with Gasteiger partial charge in [0.2, 0.25) is 11.6 Å². The van der Waals surface area contributed by atoms with Crippen LogP contribution in [0.5, 0.6) is 0 Å². The predicted octanol–water partition coefficient (Wildman–Crippen LogP) is 2.88. The molecule has 33 heavy (non-hydrogen) atoms. The van der Waals surface area contributed by atoms with Crippen molar-refractivity contribution in [1.29, 1.82) is 0 Å². The third-order valence-corrected chi connectivity index (χ3v) is 6.19. The molecule has 158 valence electrons. The standard InChI is InChI=1S/C25H17N7O/c1-14-10-12-15(13-11-14)26-23-30-24-29-20-16-6-2-4-8-18(16)27-21(20)32(24)25(31-23)17-7-3-5-9-19(17)28-22(25)33/h2-13H,1H3,(H,26,31)(H,28,33)/t25-/m0/s1. The molecule has 0 saturated heterocycles. The van der Waals surface area contributed by atoms with Gasteiger partial charge in [0.15, 0.2) is 5.49 Å². The number of guanidine groups is 1. The quantitative estimate of drug-likeness (QED) is 0.427. The largest absolute Gasteiger partial charge is 0.324 e. The molecule has 3 aliphatic heterocycles. The molecule has 4 heterocycles. The Balaban J connectivity index is 1.51. The molecule has 7 rings (SSSR count). The van der Waals surface area contributed by atoms with E-state index in [4.69, 9.17) is 15.0 Å². The van der Waals surface area contributed by atoms with Crippen molar-refractivity contribution in [1.82, 2.24) is 9.55 Å². The lowest BCUT2D eigenvalue weighted by Crippen LogP contribution is -2.53. The first kappa shape index (κ1) is 18.0. The Bertz CT molecular complexity index is 1650. The first-order valence-electron chi connectivity index (χ1n) is 10.6. The van der Waals surface area contributed by atoms with Gasteiger partial charge >= 0.3 is 0 Å². The molecule has 0 aliphatic carbocycles. The normalized spacial score (nSPS) is 18.9. The van der Waals surface area contributed by atoms with Crippen molar-refractivity contribution in [3.63, 3.8) is 0 Å². The molecule has 3 aliphatic rings. The minimum atomic E-state index is -1.40. The Morgan fingerprint density at radius 3 is 2.61 bits per heavy atom. The van der Waals surface area contributed by atoms with E-state index >= 15 is 0 Å². The molecule has 1 aromatic heterocycles. The molecule has 2 N–H and O–H groups in total. The zero-order chi connectivity index (χ0) is 22.2. The third-order valence-electron chi connectivity index (χ3n) is 6.19. The molecule has 0 bridgehead atoms. The van der Waals surface area contributed by atoms with Gasteiger partial charge in [-0.1, -0.05) is 54.1 Å². The molecule has 0 unspecified atom stereocenters. The summed E-state index contributed by atoms with van der Waals surface area (Å²) in [5, 5.41) is 6.24. The average molecular weight is 431 g/mol. The number of carbonyl (C=O) groups excluding carboxylic acids is 1. The van der Waals surface area contributed by atoms with E-state index < -0.39 is 5.66 Å². The Morgan fingerprint density at radius 1 is 0.939 bits per heavy atom. The highest BCUT2D eigenvalue weighted by atomic mass is 16.2. The molecule has 8 nitrogen and oxygen atoms in total. The van der Waals surface area contributed by atoms with E-state index in [2.05, 4.69) is 15.6 Å². The van der Waals surface area contributed by atoms with Crippen LogP contribution in [0.3, 0.4) is 0 Å². The monoisotopic (exact) mass is 431 g/mol. The Kier molecular flexibility index (Phi) is 3.40. The number of hydrogen-bond acceptors (Lipinski definition) is 6. The van der Waals surface area contributed by atoms with E-state index in [0.717, 1.165) is 28.1 Å². The lowest BCUT2D eigenvalue weighted by molar-refractivity contribution is -0.121. The fraction of sp³-hybridized carbons (Fsp3) is 0.0800. The SMILES string of the molecule is Cc1ccc(NC2=N[C@]3(C(=O)Nc4ccccc43)n3c(nc4c3=Nc3ccccc3-4)=N2)cc1. The van der Waals surface area contributed by atoms with Gasteiger partial charge in [-0.3, -0.25) is 9.36 Å². The molecule has 1 atom stereocenters. The third kappa shape index (κ3) is 2.37. The number of amides is 1. The zero-order valence-corrected chi connectivity index (χ0v) is 17.6. The topological polar surface area (TPSA) is 96.0 Å². The van der Waals surface area contributed by atoms with Crippen LogP contribution in [0.4, 0.5) is 17.1 Å². The maximum Gasteiger partial charge on any atom is 0.278 e. The number of nitrogens with zero attached hydrogens (tertiary/aromatic N) is 5. The number of imidazole rings is 1. The lowest BCUT2D eigenvalue weighted by atomic mass is 10.0. The van der Waals surface area contributed by atoms with Gasteiger partial charge in [0, 0.05) is 22.5 Å². The molecular formula is C25H17N7O. The number of fused-ring (bicyclic) bond motifs is 8. The zero-order valence-electron chi connectivity index (χ0n) is 17.6. The predicted molar refractivity (Wildman–Crippen MR) is 124 cm³/mol. The van der Waals surface area contributed by atoms with Crippen molar-refractivity contribution >= 4 is 28.9 Å². The molecule has 0 radical (unpaired) electrons. The minimum Gasteiger partial charge on any atom is -0.324 e. The molecule has 8 heteroatoms. The highest BCUT2D eigenvalue weighted by molar-refractivity contribution is 6.08. The smallest absolute Gasteiger partial charge is 0.278 e. The number of hydrogen-bond donors (Lipinski definition) is 2. The highest BCUT2D eigenvalue weighted by Crippen LogP contribution is 2.41. The van der Waals surface area contributed by atoms with Crippen LogP contribution in [0.25, 0.3) is 11.3 Å². The Labute approximate surface area is 188 Å². The van der Waals surface area contributed by atoms with Crippen LogP contribution in [0, 0.1) is 6.92 Å². The molecule has 1 amide bonds. The van der Waals surface area contributed by atoms with Gasteiger partial charge in [0.1, 0.15) is 5.69 Å². The van der Waals surface area contributed by atoms with E-state index in [1.807, 2.05) is 79.7 Å². The van der Waals surface area contributed by atoms with Crippen LogP contribution >= 0.6 is 0 Å². The maximum absolute atomic E-state index is 13.6. The van der Waals surface area contributed by atoms with Gasteiger partial charge in [0.05, 0.1) is 5.69 Å². The second-order valence-corrected chi connectivity index (χ2v) is 8.26. The molecule has 1 spiro atoms. The van der Waals surface area contributed by atoms with Crippen LogP contribution in [-0.4, -0.2) is 21.4 Å². The van der Waals surface area contributed by atoms with Crippen LogP contribution in [0.1, 0.15) is 11.1 Å². The molecule has 0 fully saturated rings. The van der Waals surface area contributed by atoms with Crippen molar-refractivity contribution in [2.45, 2.75) is 12.6 Å². The van der Waals surface area contributed by atoms with E-state index in [1.165, 1.54) is 0 Å². The lowest BCUT2D eigenvalue weighted by Gasteiger charge is -2.27. The number of para-hydroxylation sites is 2. The van der Waals surface area contributed by atoms with E-state index in [0.29, 0.717) is 28.4 Å².